The fraction of sp³-hybridized carbons (Fsp3) is 0.579. The van der Waals surface area contributed by atoms with Crippen LogP contribution in [-0.4, -0.2) is 74.5 Å². The first-order chi connectivity index (χ1) is 11.9. The van der Waals surface area contributed by atoms with Gasteiger partial charge in [0, 0.05) is 50.9 Å². The number of carbonyl (C=O) groups is 2. The maximum Gasteiger partial charge on any atom is 0.227 e. The first-order valence-electron chi connectivity index (χ1n) is 8.97. The molecule has 2 atom stereocenters. The van der Waals surface area contributed by atoms with Crippen LogP contribution in [0.2, 0.25) is 0 Å². The van der Waals surface area contributed by atoms with E-state index in [1.165, 1.54) is 0 Å². The summed E-state index contributed by atoms with van der Waals surface area (Å²) in [5.41, 5.74) is 2.03. The molecule has 2 aliphatic rings. The number of benzene rings is 1. The van der Waals surface area contributed by atoms with Crippen LogP contribution in [0.5, 0.6) is 0 Å². The number of likely N-dealkylation sites (N-methyl/N-ethyl adjacent to an activating group) is 2. The molecule has 2 aliphatic heterocycles. The van der Waals surface area contributed by atoms with Gasteiger partial charge in [0.25, 0.3) is 0 Å². The van der Waals surface area contributed by atoms with Crippen LogP contribution in [0.25, 0.3) is 0 Å². The highest BCUT2D eigenvalue weighted by Crippen LogP contribution is 2.25. The van der Waals surface area contributed by atoms with E-state index in [1.54, 1.807) is 4.90 Å². The Bertz CT molecular complexity index is 631. The molecule has 0 aliphatic carbocycles. The first-order valence-corrected chi connectivity index (χ1v) is 8.97. The highest BCUT2D eigenvalue weighted by molar-refractivity contribution is 6.00. The van der Waals surface area contributed by atoms with Crippen molar-refractivity contribution in [3.8, 4) is 0 Å². The van der Waals surface area contributed by atoms with E-state index in [-0.39, 0.29) is 17.7 Å². The summed E-state index contributed by atoms with van der Waals surface area (Å²) in [6.07, 6.45) is 0.292. The van der Waals surface area contributed by atoms with Gasteiger partial charge in [-0.15, -0.1) is 0 Å². The molecule has 0 bridgehead atoms. The number of rotatable bonds is 4. The maximum absolute atomic E-state index is 12.5. The molecule has 2 heterocycles. The average molecular weight is 344 g/mol. The molecule has 2 unspecified atom stereocenters. The summed E-state index contributed by atoms with van der Waals surface area (Å²) in [6.45, 7) is 6.15. The largest absolute Gasteiger partial charge is 0.354 e. The molecule has 6 nitrogen and oxygen atoms in total. The van der Waals surface area contributed by atoms with Gasteiger partial charge in [-0.05, 0) is 33.2 Å². The van der Waals surface area contributed by atoms with Crippen LogP contribution in [-0.2, 0) is 9.59 Å². The lowest BCUT2D eigenvalue weighted by Gasteiger charge is -2.37. The Kier molecular flexibility index (Phi) is 5.39. The topological polar surface area (TPSA) is 55.9 Å². The molecular formula is C19H28N4O2. The number of amides is 2. The van der Waals surface area contributed by atoms with Crippen LogP contribution < -0.4 is 10.2 Å². The van der Waals surface area contributed by atoms with Gasteiger partial charge in [0.05, 0.1) is 5.92 Å². The minimum Gasteiger partial charge on any atom is -0.354 e. The van der Waals surface area contributed by atoms with Crippen LogP contribution in [0.3, 0.4) is 0 Å². The third-order valence-electron chi connectivity index (χ3n) is 5.33. The van der Waals surface area contributed by atoms with E-state index in [1.807, 2.05) is 31.2 Å². The SMILES string of the molecule is Cc1ccc(N2CC(C(=O)NCC3CN(C)CCN3C)CC2=O)cc1. The van der Waals surface area contributed by atoms with E-state index in [0.29, 0.717) is 25.6 Å². The van der Waals surface area contributed by atoms with Gasteiger partial charge in [-0.1, -0.05) is 17.7 Å². The molecule has 25 heavy (non-hydrogen) atoms. The Hall–Kier alpha value is -1.92. The fourth-order valence-electron chi connectivity index (χ4n) is 3.54. The molecule has 2 saturated heterocycles. The second-order valence-electron chi connectivity index (χ2n) is 7.38. The van der Waals surface area contributed by atoms with E-state index >= 15 is 0 Å². The zero-order valence-electron chi connectivity index (χ0n) is 15.4. The van der Waals surface area contributed by atoms with E-state index < -0.39 is 0 Å². The zero-order chi connectivity index (χ0) is 18.0. The Labute approximate surface area is 149 Å². The van der Waals surface area contributed by atoms with E-state index in [2.05, 4.69) is 29.2 Å². The number of carbonyl (C=O) groups excluding carboxylic acids is 2. The van der Waals surface area contributed by atoms with Crippen molar-refractivity contribution in [2.75, 3.05) is 51.7 Å². The quantitative estimate of drug-likeness (QED) is 0.874. The predicted molar refractivity (Wildman–Crippen MR) is 98.6 cm³/mol. The monoisotopic (exact) mass is 344 g/mol. The summed E-state index contributed by atoms with van der Waals surface area (Å²) in [5.74, 6) is -0.247. The second kappa shape index (κ2) is 7.54. The molecule has 136 valence electrons. The number of nitrogens with zero attached hydrogens (tertiary/aromatic N) is 3. The predicted octanol–water partition coefficient (Wildman–Crippen LogP) is 0.710. The second-order valence-corrected chi connectivity index (χ2v) is 7.38. The molecule has 1 aromatic rings. The Morgan fingerprint density at radius 3 is 2.60 bits per heavy atom. The Balaban J connectivity index is 1.54. The summed E-state index contributed by atoms with van der Waals surface area (Å²) in [6, 6.07) is 8.20. The Morgan fingerprint density at radius 1 is 1.16 bits per heavy atom. The van der Waals surface area contributed by atoms with Crippen molar-refractivity contribution in [2.24, 2.45) is 5.92 Å². The van der Waals surface area contributed by atoms with E-state index in [0.717, 1.165) is 30.9 Å². The van der Waals surface area contributed by atoms with Crippen molar-refractivity contribution in [1.82, 2.24) is 15.1 Å². The number of hydrogen-bond donors (Lipinski definition) is 1. The van der Waals surface area contributed by atoms with Crippen LogP contribution in [0.1, 0.15) is 12.0 Å². The average Bonchev–Trinajstić information content (AvgIpc) is 2.98. The van der Waals surface area contributed by atoms with Gasteiger partial charge < -0.3 is 15.1 Å². The number of piperazine rings is 1. The number of aryl methyl sites for hydroxylation is 1. The number of anilines is 1. The van der Waals surface area contributed by atoms with Crippen LogP contribution in [0, 0.1) is 12.8 Å². The lowest BCUT2D eigenvalue weighted by atomic mass is 10.1. The standard InChI is InChI=1S/C19H28N4O2/c1-14-4-6-16(7-5-14)23-12-15(10-18(23)24)19(25)20-11-17-13-21(2)8-9-22(17)3/h4-7,15,17H,8-13H2,1-3H3,(H,20,25). The summed E-state index contributed by atoms with van der Waals surface area (Å²) in [5, 5.41) is 3.06. The summed E-state index contributed by atoms with van der Waals surface area (Å²) in [4.78, 5) is 31.1. The molecule has 1 aromatic carbocycles. The molecular weight excluding hydrogens is 316 g/mol. The highest BCUT2D eigenvalue weighted by atomic mass is 16.2. The van der Waals surface area contributed by atoms with Crippen molar-refractivity contribution >= 4 is 17.5 Å². The van der Waals surface area contributed by atoms with Crippen molar-refractivity contribution in [3.05, 3.63) is 29.8 Å². The lowest BCUT2D eigenvalue weighted by Crippen LogP contribution is -2.54. The molecule has 2 amide bonds. The van der Waals surface area contributed by atoms with Crippen LogP contribution >= 0.6 is 0 Å². The molecule has 0 radical (unpaired) electrons. The number of hydrogen-bond acceptors (Lipinski definition) is 4. The smallest absolute Gasteiger partial charge is 0.227 e. The lowest BCUT2D eigenvalue weighted by molar-refractivity contribution is -0.126. The first kappa shape index (κ1) is 17.9. The summed E-state index contributed by atoms with van der Waals surface area (Å²) >= 11 is 0. The molecule has 2 fully saturated rings. The Morgan fingerprint density at radius 2 is 1.88 bits per heavy atom. The molecule has 0 saturated carbocycles. The number of nitrogens with one attached hydrogen (secondary N) is 1. The van der Waals surface area contributed by atoms with Crippen molar-refractivity contribution in [1.29, 1.82) is 0 Å². The minimum atomic E-state index is -0.263. The molecule has 6 heteroatoms. The van der Waals surface area contributed by atoms with Gasteiger partial charge in [-0.2, -0.15) is 0 Å². The third kappa shape index (κ3) is 4.19. The van der Waals surface area contributed by atoms with Crippen molar-refractivity contribution in [3.63, 3.8) is 0 Å². The van der Waals surface area contributed by atoms with E-state index in [9.17, 15) is 9.59 Å². The fourth-order valence-corrected chi connectivity index (χ4v) is 3.54. The van der Waals surface area contributed by atoms with Crippen LogP contribution in [0.15, 0.2) is 24.3 Å². The summed E-state index contributed by atoms with van der Waals surface area (Å²) < 4.78 is 0. The minimum absolute atomic E-state index is 0.00964. The van der Waals surface area contributed by atoms with Crippen molar-refractivity contribution < 1.29 is 9.59 Å². The third-order valence-corrected chi connectivity index (χ3v) is 5.33. The molecule has 3 rings (SSSR count). The highest BCUT2D eigenvalue weighted by Gasteiger charge is 2.35. The van der Waals surface area contributed by atoms with Gasteiger partial charge in [-0.25, -0.2) is 0 Å². The maximum atomic E-state index is 12.5. The summed E-state index contributed by atoms with van der Waals surface area (Å²) in [7, 11) is 4.21. The van der Waals surface area contributed by atoms with Gasteiger partial charge in [0.1, 0.15) is 0 Å². The molecule has 0 aromatic heterocycles. The zero-order valence-corrected chi connectivity index (χ0v) is 15.4. The van der Waals surface area contributed by atoms with Gasteiger partial charge in [0.15, 0.2) is 0 Å². The van der Waals surface area contributed by atoms with Crippen molar-refractivity contribution in [2.45, 2.75) is 19.4 Å². The van der Waals surface area contributed by atoms with Crippen LogP contribution in [0.4, 0.5) is 5.69 Å². The van der Waals surface area contributed by atoms with Gasteiger partial charge >= 0.3 is 0 Å². The molecule has 1 N–H and O–H groups in total. The normalized spacial score (nSPS) is 25.4. The van der Waals surface area contributed by atoms with Gasteiger partial charge in [0.2, 0.25) is 11.8 Å². The molecule has 0 spiro atoms. The van der Waals surface area contributed by atoms with E-state index in [4.69, 9.17) is 0 Å². The van der Waals surface area contributed by atoms with Gasteiger partial charge in [-0.3, -0.25) is 14.5 Å².